The molecule has 9 nitrogen and oxygen atoms in total. The molecule has 0 aliphatic rings. The molecule has 0 amide bonds. The van der Waals surface area contributed by atoms with Crippen molar-refractivity contribution in [3.63, 3.8) is 0 Å². The van der Waals surface area contributed by atoms with Crippen LogP contribution in [0.1, 0.15) is 196 Å². The van der Waals surface area contributed by atoms with Gasteiger partial charge in [0.15, 0.2) is 0 Å². The second kappa shape index (κ2) is 53.3. The minimum atomic E-state index is -2.21. The average Bonchev–Trinajstić information content (AvgIpc) is 3.08. The first-order valence-corrected chi connectivity index (χ1v) is 23.5. The zero-order chi connectivity index (χ0) is 36.2. The molecule has 0 N–H and O–H groups in total. The van der Waals surface area contributed by atoms with Crippen molar-refractivity contribution >= 4 is 24.8 Å². The van der Waals surface area contributed by atoms with Crippen LogP contribution in [0.25, 0.3) is 0 Å². The third-order valence-electron chi connectivity index (χ3n) is 7.31. The van der Waals surface area contributed by atoms with Crippen molar-refractivity contribution in [2.75, 3.05) is 39.6 Å². The summed E-state index contributed by atoms with van der Waals surface area (Å²) in [6.45, 7) is 16.5. The molecule has 0 atom stereocenters. The van der Waals surface area contributed by atoms with Crippen LogP contribution in [0.3, 0.4) is 0 Å². The molecule has 0 aromatic heterocycles. The maximum absolute atomic E-state index is 11.2. The fourth-order valence-electron chi connectivity index (χ4n) is 4.23. The van der Waals surface area contributed by atoms with Gasteiger partial charge in [0.2, 0.25) is 0 Å². The van der Waals surface area contributed by atoms with E-state index in [1.54, 1.807) is 0 Å². The SMILES string of the molecule is CCCCCCO[PH](=O)OCCCCCC.CCCCCCO[PH](=O)OCCCCCC.CCCCCCO[PH](=O)OCCCCCC.[Co]. The van der Waals surface area contributed by atoms with Crippen molar-refractivity contribution in [1.82, 2.24) is 0 Å². The van der Waals surface area contributed by atoms with E-state index in [1.807, 2.05) is 0 Å². The minimum absolute atomic E-state index is 0. The van der Waals surface area contributed by atoms with E-state index in [0.29, 0.717) is 39.6 Å². The smallest absolute Gasteiger partial charge is 0.311 e. The molecule has 1 radical (unpaired) electrons. The van der Waals surface area contributed by atoms with Crippen molar-refractivity contribution in [2.24, 2.45) is 0 Å². The summed E-state index contributed by atoms with van der Waals surface area (Å²) in [5.41, 5.74) is 0. The number of hydrogen-bond donors (Lipinski definition) is 0. The van der Waals surface area contributed by atoms with Gasteiger partial charge in [0.25, 0.3) is 0 Å². The van der Waals surface area contributed by atoms with E-state index >= 15 is 0 Å². The Hall–Kier alpha value is 0.956. The molecule has 0 bridgehead atoms. The molecule has 0 aromatic rings. The van der Waals surface area contributed by atoms with Crippen LogP contribution in [0.5, 0.6) is 0 Å². The molecule has 0 aromatic carbocycles. The molecule has 0 saturated carbocycles. The first kappa shape index (κ1) is 56.7. The first-order chi connectivity index (χ1) is 23.4. The Balaban J connectivity index is -0.000000307. The second-order valence-corrected chi connectivity index (χ2v) is 15.4. The summed E-state index contributed by atoms with van der Waals surface area (Å²) < 4.78 is 64.5. The molecule has 49 heavy (non-hydrogen) atoms. The van der Waals surface area contributed by atoms with E-state index in [2.05, 4.69) is 41.5 Å². The van der Waals surface area contributed by atoms with Crippen LogP contribution < -0.4 is 0 Å². The van der Waals surface area contributed by atoms with Gasteiger partial charge in [-0.15, -0.1) is 0 Å². The molecule has 0 fully saturated rings. The van der Waals surface area contributed by atoms with Crippen molar-refractivity contribution in [2.45, 2.75) is 196 Å². The predicted molar refractivity (Wildman–Crippen MR) is 208 cm³/mol. The maximum atomic E-state index is 11.2. The average molecular weight is 810 g/mol. The van der Waals surface area contributed by atoms with E-state index < -0.39 is 24.8 Å². The number of rotatable bonds is 36. The van der Waals surface area contributed by atoms with Gasteiger partial charge in [0, 0.05) is 16.8 Å². The first-order valence-electron chi connectivity index (χ1n) is 19.8. The van der Waals surface area contributed by atoms with Gasteiger partial charge >= 0.3 is 24.8 Å². The summed E-state index contributed by atoms with van der Waals surface area (Å²) in [4.78, 5) is 0. The molecule has 0 spiro atoms. The van der Waals surface area contributed by atoms with Crippen molar-refractivity contribution < 1.29 is 57.6 Å². The Morgan fingerprint density at radius 1 is 0.265 bits per heavy atom. The Bertz CT molecular complexity index is 532. The summed E-state index contributed by atoms with van der Waals surface area (Å²) in [7, 11) is -6.64. The molecule has 303 valence electrons. The summed E-state index contributed by atoms with van der Waals surface area (Å²) in [6, 6.07) is 0. The van der Waals surface area contributed by atoms with Crippen molar-refractivity contribution in [3.8, 4) is 0 Å². The standard InChI is InChI=1S/3C12H27O3P.Co/c3*1-3-5-7-9-11-14-16(13)15-12-10-8-6-4-2;/h3*16H,3-12H2,1-2H3;. The van der Waals surface area contributed by atoms with Gasteiger partial charge in [-0.25, -0.2) is 0 Å². The Labute approximate surface area is 316 Å². The van der Waals surface area contributed by atoms with Gasteiger partial charge < -0.3 is 27.1 Å². The molecular formula is C36H81CoO9P3. The minimum Gasteiger partial charge on any atom is -0.311 e. The van der Waals surface area contributed by atoms with Crippen LogP contribution in [-0.2, 0) is 57.6 Å². The summed E-state index contributed by atoms with van der Waals surface area (Å²) in [6.07, 6.45) is 27.5. The molecule has 0 rings (SSSR count). The van der Waals surface area contributed by atoms with Crippen LogP contribution in [0.15, 0.2) is 0 Å². The Morgan fingerprint density at radius 2 is 0.408 bits per heavy atom. The Morgan fingerprint density at radius 3 is 0.531 bits per heavy atom. The number of unbranched alkanes of at least 4 members (excludes halogenated alkanes) is 18. The summed E-state index contributed by atoms with van der Waals surface area (Å²) >= 11 is 0. The van der Waals surface area contributed by atoms with Gasteiger partial charge in [-0.1, -0.05) is 157 Å². The van der Waals surface area contributed by atoms with Crippen molar-refractivity contribution in [1.29, 1.82) is 0 Å². The Kier molecular flexibility index (Phi) is 61.7. The van der Waals surface area contributed by atoms with E-state index in [9.17, 15) is 13.7 Å². The van der Waals surface area contributed by atoms with Gasteiger partial charge in [-0.05, 0) is 38.5 Å². The van der Waals surface area contributed by atoms with E-state index in [-0.39, 0.29) is 16.8 Å². The second-order valence-electron chi connectivity index (χ2n) is 12.2. The normalized spacial score (nSPS) is 11.0. The number of hydrogen-bond acceptors (Lipinski definition) is 9. The van der Waals surface area contributed by atoms with E-state index in [1.165, 1.54) is 77.0 Å². The predicted octanol–water partition coefficient (Wildman–Crippen LogP) is 13.7. The fourth-order valence-corrected chi connectivity index (χ4v) is 6.35. The molecule has 0 aliphatic heterocycles. The van der Waals surface area contributed by atoms with Crippen molar-refractivity contribution in [3.05, 3.63) is 0 Å². The third kappa shape index (κ3) is 58.5. The fraction of sp³-hybridized carbons (Fsp3) is 1.00. The zero-order valence-electron chi connectivity index (χ0n) is 32.7. The molecular weight excluding hydrogens is 728 g/mol. The van der Waals surface area contributed by atoms with Crippen LogP contribution >= 0.6 is 24.8 Å². The van der Waals surface area contributed by atoms with Gasteiger partial charge in [-0.2, -0.15) is 0 Å². The molecule has 0 saturated heterocycles. The summed E-state index contributed by atoms with van der Waals surface area (Å²) in [5, 5.41) is 0. The molecule has 0 aliphatic carbocycles. The quantitative estimate of drug-likeness (QED) is 0.0451. The van der Waals surface area contributed by atoms with Crippen LogP contribution in [0.2, 0.25) is 0 Å². The van der Waals surface area contributed by atoms with E-state index in [4.69, 9.17) is 27.1 Å². The van der Waals surface area contributed by atoms with Crippen LogP contribution in [0, 0.1) is 0 Å². The van der Waals surface area contributed by atoms with Crippen LogP contribution in [-0.4, -0.2) is 39.6 Å². The monoisotopic (exact) mass is 809 g/mol. The van der Waals surface area contributed by atoms with Gasteiger partial charge in [-0.3, -0.25) is 13.7 Å². The van der Waals surface area contributed by atoms with Crippen LogP contribution in [0.4, 0.5) is 0 Å². The topological polar surface area (TPSA) is 107 Å². The van der Waals surface area contributed by atoms with Gasteiger partial charge in [0.05, 0.1) is 39.6 Å². The molecule has 0 heterocycles. The molecule has 13 heteroatoms. The van der Waals surface area contributed by atoms with Gasteiger partial charge in [0.1, 0.15) is 0 Å². The summed E-state index contributed by atoms with van der Waals surface area (Å²) in [5.74, 6) is 0. The third-order valence-corrected chi connectivity index (χ3v) is 9.95. The van der Waals surface area contributed by atoms with E-state index in [0.717, 1.165) is 77.0 Å². The zero-order valence-corrected chi connectivity index (χ0v) is 36.8. The maximum Gasteiger partial charge on any atom is 0.319 e. The largest absolute Gasteiger partial charge is 0.319 e. The molecule has 0 unspecified atom stereocenters.